The molecule has 0 aromatic carbocycles. The monoisotopic (exact) mass is 391 g/mol. The maximum atomic E-state index is 10.8. The molecule has 7 N–H and O–H groups in total. The number of hydrogen-bond donors (Lipinski definition) is 6. The fourth-order valence-electron chi connectivity index (χ4n) is 2.62. The minimum Gasteiger partial charge on any atom is -0.387 e. The van der Waals surface area contributed by atoms with Crippen LogP contribution < -0.4 is 5.73 Å². The molecule has 2 aromatic heterocycles. The van der Waals surface area contributed by atoms with Gasteiger partial charge in [0.1, 0.15) is 36.3 Å². The van der Waals surface area contributed by atoms with E-state index in [1.807, 2.05) is 0 Å². The van der Waals surface area contributed by atoms with Gasteiger partial charge in [-0.1, -0.05) is 0 Å². The number of hydrogen-bond acceptors (Lipinski definition) is 10. The van der Waals surface area contributed by atoms with Crippen molar-refractivity contribution in [2.75, 3.05) is 18.5 Å². The van der Waals surface area contributed by atoms with Gasteiger partial charge in [0.15, 0.2) is 24.0 Å². The lowest BCUT2D eigenvalue weighted by atomic mass is 10.1. The topological polar surface area (TPSA) is 206 Å². The van der Waals surface area contributed by atoms with E-state index in [1.165, 1.54) is 17.2 Å². The number of nitrogen functional groups attached to an aromatic ring is 1. The molecule has 1 fully saturated rings. The van der Waals surface area contributed by atoms with Gasteiger partial charge in [-0.05, 0) is 0 Å². The summed E-state index contributed by atoms with van der Waals surface area (Å²) in [6.07, 6.45) is -4.96. The molecule has 1 aliphatic rings. The van der Waals surface area contributed by atoms with E-state index < -0.39 is 51.2 Å². The highest BCUT2D eigenvalue weighted by Gasteiger charge is 2.44. The SMILES string of the molecule is Nc1ncnc2c1ncn2[C@@H]1O[C@H](CO[C@H](O)CP(=O)(O)O)[C@H](O)[C@H]1O. The highest BCUT2D eigenvalue weighted by molar-refractivity contribution is 7.51. The van der Waals surface area contributed by atoms with Crippen LogP contribution in [0.25, 0.3) is 11.2 Å². The molecule has 0 saturated carbocycles. The van der Waals surface area contributed by atoms with Crippen molar-refractivity contribution in [3.63, 3.8) is 0 Å². The summed E-state index contributed by atoms with van der Waals surface area (Å²) in [7, 11) is -4.46. The first kappa shape index (κ1) is 19.1. The summed E-state index contributed by atoms with van der Waals surface area (Å²) in [5.74, 6) is 0.141. The predicted molar refractivity (Wildman–Crippen MR) is 84.5 cm³/mol. The van der Waals surface area contributed by atoms with Gasteiger partial charge in [-0.15, -0.1) is 0 Å². The molecule has 0 aliphatic carbocycles. The number of rotatable bonds is 6. The number of nitrogens with two attached hydrogens (primary N) is 1. The standard InChI is InChI=1S/C12H18N5O8P/c13-10-7-11(15-3-14-10)17(4-16-7)12-9(20)8(19)5(25-12)1-24-6(18)2-26(21,22)23/h3-6,8-9,12,18-20H,1-2H2,(H2,13,14,15)(H2,21,22,23)/t5-,6+,8+,9-,12-/m1/s1. The van der Waals surface area contributed by atoms with Crippen molar-refractivity contribution in [1.82, 2.24) is 19.5 Å². The van der Waals surface area contributed by atoms with Gasteiger partial charge in [0.2, 0.25) is 0 Å². The van der Waals surface area contributed by atoms with Crippen LogP contribution in [-0.2, 0) is 14.0 Å². The zero-order chi connectivity index (χ0) is 19.1. The molecule has 0 bridgehead atoms. The number of aliphatic hydroxyl groups excluding tert-OH is 3. The van der Waals surface area contributed by atoms with Crippen molar-refractivity contribution >= 4 is 24.6 Å². The molecule has 0 spiro atoms. The van der Waals surface area contributed by atoms with Crippen LogP contribution in [0.15, 0.2) is 12.7 Å². The Kier molecular flexibility index (Phi) is 5.23. The van der Waals surface area contributed by atoms with E-state index in [-0.39, 0.29) is 11.5 Å². The minimum absolute atomic E-state index is 0.141. The van der Waals surface area contributed by atoms with Crippen LogP contribution in [-0.4, -0.2) is 82.0 Å². The summed E-state index contributed by atoms with van der Waals surface area (Å²) in [6.45, 7) is -0.403. The molecule has 1 aliphatic heterocycles. The number of anilines is 1. The average Bonchev–Trinajstić information content (AvgIpc) is 3.08. The highest BCUT2D eigenvalue weighted by Crippen LogP contribution is 2.36. The van der Waals surface area contributed by atoms with E-state index in [0.29, 0.717) is 5.52 Å². The second-order valence-corrected chi connectivity index (χ2v) is 7.46. The van der Waals surface area contributed by atoms with Gasteiger partial charge in [-0.25, -0.2) is 15.0 Å². The van der Waals surface area contributed by atoms with Crippen LogP contribution >= 0.6 is 7.60 Å². The van der Waals surface area contributed by atoms with Crippen molar-refractivity contribution in [2.45, 2.75) is 30.8 Å². The molecule has 0 amide bonds. The van der Waals surface area contributed by atoms with E-state index in [4.69, 9.17) is 25.0 Å². The lowest BCUT2D eigenvalue weighted by molar-refractivity contribution is -0.133. The third-order valence-electron chi connectivity index (χ3n) is 3.85. The van der Waals surface area contributed by atoms with E-state index in [2.05, 4.69) is 15.0 Å². The van der Waals surface area contributed by atoms with Gasteiger partial charge >= 0.3 is 7.60 Å². The minimum atomic E-state index is -4.46. The summed E-state index contributed by atoms with van der Waals surface area (Å²) in [5, 5.41) is 29.8. The average molecular weight is 391 g/mol. The highest BCUT2D eigenvalue weighted by atomic mass is 31.2. The maximum Gasteiger partial charge on any atom is 0.330 e. The first-order valence-electron chi connectivity index (χ1n) is 7.46. The Morgan fingerprint density at radius 3 is 2.73 bits per heavy atom. The molecule has 3 rings (SSSR count). The molecular weight excluding hydrogens is 373 g/mol. The molecule has 0 unspecified atom stereocenters. The number of fused-ring (bicyclic) bond motifs is 1. The molecule has 3 heterocycles. The van der Waals surface area contributed by atoms with Crippen LogP contribution in [0.5, 0.6) is 0 Å². The Morgan fingerprint density at radius 2 is 2.04 bits per heavy atom. The van der Waals surface area contributed by atoms with Gasteiger partial charge in [0.25, 0.3) is 0 Å². The van der Waals surface area contributed by atoms with Crippen molar-refractivity contribution in [3.8, 4) is 0 Å². The first-order chi connectivity index (χ1) is 12.2. The third kappa shape index (κ3) is 3.84. The lowest BCUT2D eigenvalue weighted by Crippen LogP contribution is -2.35. The maximum absolute atomic E-state index is 10.8. The van der Waals surface area contributed by atoms with Gasteiger partial charge < -0.3 is 40.3 Å². The van der Waals surface area contributed by atoms with Crippen molar-refractivity contribution in [3.05, 3.63) is 12.7 Å². The molecule has 2 aromatic rings. The second-order valence-electron chi connectivity index (χ2n) is 5.76. The number of nitrogens with zero attached hydrogens (tertiary/aromatic N) is 4. The molecule has 1 saturated heterocycles. The number of ether oxygens (including phenoxy) is 2. The number of aliphatic hydroxyl groups is 3. The normalized spacial score (nSPS) is 27.9. The third-order valence-corrected chi connectivity index (χ3v) is 4.63. The van der Waals surface area contributed by atoms with E-state index >= 15 is 0 Å². The lowest BCUT2D eigenvalue weighted by Gasteiger charge is -2.18. The molecule has 0 radical (unpaired) electrons. The Bertz CT molecular complexity index is 827. The van der Waals surface area contributed by atoms with Crippen LogP contribution in [0.3, 0.4) is 0 Å². The second kappa shape index (κ2) is 7.13. The quantitative estimate of drug-likeness (QED) is 0.224. The van der Waals surface area contributed by atoms with Crippen LogP contribution in [0.1, 0.15) is 6.23 Å². The summed E-state index contributed by atoms with van der Waals surface area (Å²) in [5.41, 5.74) is 6.29. The molecule has 14 heteroatoms. The largest absolute Gasteiger partial charge is 0.387 e. The summed E-state index contributed by atoms with van der Waals surface area (Å²) < 4.78 is 22.6. The predicted octanol–water partition coefficient (Wildman–Crippen LogP) is -2.46. The van der Waals surface area contributed by atoms with Crippen molar-refractivity contribution in [1.29, 1.82) is 0 Å². The Balaban J connectivity index is 1.71. The van der Waals surface area contributed by atoms with E-state index in [9.17, 15) is 19.9 Å². The van der Waals surface area contributed by atoms with E-state index in [0.717, 1.165) is 0 Å². The smallest absolute Gasteiger partial charge is 0.330 e. The van der Waals surface area contributed by atoms with Gasteiger partial charge in [-0.3, -0.25) is 9.13 Å². The zero-order valence-corrected chi connectivity index (χ0v) is 14.1. The van der Waals surface area contributed by atoms with Gasteiger partial charge in [0.05, 0.1) is 12.9 Å². The van der Waals surface area contributed by atoms with Gasteiger partial charge in [0, 0.05) is 0 Å². The Labute approximate surface area is 146 Å². The fraction of sp³-hybridized carbons (Fsp3) is 0.583. The van der Waals surface area contributed by atoms with Crippen LogP contribution in [0.4, 0.5) is 5.82 Å². The van der Waals surface area contributed by atoms with Crippen LogP contribution in [0.2, 0.25) is 0 Å². The summed E-state index contributed by atoms with van der Waals surface area (Å²) >= 11 is 0. The molecule has 13 nitrogen and oxygen atoms in total. The summed E-state index contributed by atoms with van der Waals surface area (Å²) in [6, 6.07) is 0. The van der Waals surface area contributed by atoms with Gasteiger partial charge in [-0.2, -0.15) is 0 Å². The molecule has 144 valence electrons. The number of aromatic nitrogens is 4. The molecule has 5 atom stereocenters. The fourth-order valence-corrected chi connectivity index (χ4v) is 3.13. The number of imidazole rings is 1. The van der Waals surface area contributed by atoms with Crippen molar-refractivity contribution < 1.29 is 39.1 Å². The van der Waals surface area contributed by atoms with Crippen LogP contribution in [0, 0.1) is 0 Å². The zero-order valence-electron chi connectivity index (χ0n) is 13.2. The first-order valence-corrected chi connectivity index (χ1v) is 9.26. The molecular formula is C12H18N5O8P. The summed E-state index contributed by atoms with van der Waals surface area (Å²) in [4.78, 5) is 29.4. The molecule has 26 heavy (non-hydrogen) atoms. The Morgan fingerprint density at radius 1 is 1.31 bits per heavy atom. The van der Waals surface area contributed by atoms with Crippen molar-refractivity contribution in [2.24, 2.45) is 0 Å². The van der Waals surface area contributed by atoms with E-state index in [1.54, 1.807) is 0 Å². The Hall–Kier alpha value is -1.70.